The summed E-state index contributed by atoms with van der Waals surface area (Å²) in [7, 11) is 3.00. The fourth-order valence-electron chi connectivity index (χ4n) is 1.95. The topological polar surface area (TPSA) is 35.5 Å². The molecule has 3 nitrogen and oxygen atoms in total. The Hall–Kier alpha value is -2.36. The van der Waals surface area contributed by atoms with E-state index in [4.69, 9.17) is 9.47 Å². The number of carbonyl (C=O) groups is 1. The molecular formula is C16H15FO3. The lowest BCUT2D eigenvalue weighted by atomic mass is 10.0. The zero-order valence-corrected chi connectivity index (χ0v) is 11.6. The summed E-state index contributed by atoms with van der Waals surface area (Å²) in [6, 6.07) is 9.21. The van der Waals surface area contributed by atoms with Crippen molar-refractivity contribution in [1.82, 2.24) is 0 Å². The summed E-state index contributed by atoms with van der Waals surface area (Å²) < 4.78 is 24.0. The van der Waals surface area contributed by atoms with E-state index in [2.05, 4.69) is 0 Å². The van der Waals surface area contributed by atoms with Crippen LogP contribution in [-0.4, -0.2) is 20.0 Å². The largest absolute Gasteiger partial charge is 0.493 e. The standard InChI is InChI=1S/C16H15FO3/c1-10-4-6-13(17)12(8-10)16(18)11-5-7-14(19-2)15(9-11)20-3/h4-9H,1-3H3. The molecule has 0 aliphatic carbocycles. The van der Waals surface area contributed by atoms with Crippen molar-refractivity contribution in [2.24, 2.45) is 0 Å². The van der Waals surface area contributed by atoms with Crippen molar-refractivity contribution >= 4 is 5.78 Å². The van der Waals surface area contributed by atoms with Gasteiger partial charge in [-0.1, -0.05) is 11.6 Å². The maximum absolute atomic E-state index is 13.8. The Morgan fingerprint density at radius 3 is 2.35 bits per heavy atom. The molecule has 2 aromatic carbocycles. The SMILES string of the molecule is COc1ccc(C(=O)c2cc(C)ccc2F)cc1OC. The van der Waals surface area contributed by atoms with Gasteiger partial charge in [0.15, 0.2) is 17.3 Å². The quantitative estimate of drug-likeness (QED) is 0.802. The molecular weight excluding hydrogens is 259 g/mol. The van der Waals surface area contributed by atoms with Crippen LogP contribution >= 0.6 is 0 Å². The van der Waals surface area contributed by atoms with Gasteiger partial charge in [0.25, 0.3) is 0 Å². The number of rotatable bonds is 4. The molecule has 0 aromatic heterocycles. The normalized spacial score (nSPS) is 10.2. The van der Waals surface area contributed by atoms with Gasteiger partial charge in [-0.2, -0.15) is 0 Å². The molecule has 2 rings (SSSR count). The zero-order valence-electron chi connectivity index (χ0n) is 11.6. The van der Waals surface area contributed by atoms with Gasteiger partial charge in [-0.05, 0) is 37.3 Å². The number of hydrogen-bond acceptors (Lipinski definition) is 3. The molecule has 0 heterocycles. The number of aryl methyl sites for hydroxylation is 1. The van der Waals surface area contributed by atoms with Crippen LogP contribution in [0.5, 0.6) is 11.5 Å². The van der Waals surface area contributed by atoms with Gasteiger partial charge in [0.2, 0.25) is 0 Å². The molecule has 0 aliphatic rings. The highest BCUT2D eigenvalue weighted by molar-refractivity contribution is 6.09. The summed E-state index contributed by atoms with van der Waals surface area (Å²) in [5.74, 6) is 0.0442. The van der Waals surface area contributed by atoms with Crippen LogP contribution in [0.2, 0.25) is 0 Å². The number of ketones is 1. The highest BCUT2D eigenvalue weighted by Gasteiger charge is 2.16. The predicted octanol–water partition coefficient (Wildman–Crippen LogP) is 3.38. The Morgan fingerprint density at radius 2 is 1.70 bits per heavy atom. The van der Waals surface area contributed by atoms with E-state index >= 15 is 0 Å². The molecule has 4 heteroatoms. The first kappa shape index (κ1) is 14.1. The highest BCUT2D eigenvalue weighted by Crippen LogP contribution is 2.28. The van der Waals surface area contributed by atoms with Gasteiger partial charge in [0.05, 0.1) is 19.8 Å². The van der Waals surface area contributed by atoms with E-state index in [1.54, 1.807) is 24.3 Å². The second-order valence-electron chi connectivity index (χ2n) is 4.38. The van der Waals surface area contributed by atoms with Crippen molar-refractivity contribution in [3.63, 3.8) is 0 Å². The first-order valence-corrected chi connectivity index (χ1v) is 6.09. The molecule has 0 fully saturated rings. The van der Waals surface area contributed by atoms with E-state index < -0.39 is 5.82 Å². The van der Waals surface area contributed by atoms with E-state index in [1.165, 1.54) is 26.4 Å². The smallest absolute Gasteiger partial charge is 0.196 e. The second-order valence-corrected chi connectivity index (χ2v) is 4.38. The van der Waals surface area contributed by atoms with Crippen molar-refractivity contribution in [2.75, 3.05) is 14.2 Å². The van der Waals surface area contributed by atoms with E-state index in [-0.39, 0.29) is 11.3 Å². The van der Waals surface area contributed by atoms with Crippen LogP contribution in [0.25, 0.3) is 0 Å². The Bertz CT molecular complexity index is 650. The third-order valence-corrected chi connectivity index (χ3v) is 3.01. The van der Waals surface area contributed by atoms with Crippen LogP contribution in [0, 0.1) is 12.7 Å². The second kappa shape index (κ2) is 5.74. The summed E-state index contributed by atoms with van der Waals surface area (Å²) in [6.07, 6.45) is 0. The molecule has 0 unspecified atom stereocenters. The van der Waals surface area contributed by atoms with Crippen LogP contribution in [-0.2, 0) is 0 Å². The number of methoxy groups -OCH3 is 2. The first-order chi connectivity index (χ1) is 9.56. The Kier molecular flexibility index (Phi) is 4.03. The monoisotopic (exact) mass is 274 g/mol. The summed E-state index contributed by atoms with van der Waals surface area (Å²) in [5.41, 5.74) is 1.24. The van der Waals surface area contributed by atoms with Gasteiger partial charge in [-0.15, -0.1) is 0 Å². The van der Waals surface area contributed by atoms with E-state index in [0.717, 1.165) is 5.56 Å². The number of ether oxygens (including phenoxy) is 2. The third-order valence-electron chi connectivity index (χ3n) is 3.01. The van der Waals surface area contributed by atoms with Crippen molar-refractivity contribution in [3.05, 3.63) is 58.9 Å². The van der Waals surface area contributed by atoms with Crippen LogP contribution in [0.3, 0.4) is 0 Å². The molecule has 0 radical (unpaired) electrons. The molecule has 0 aliphatic heterocycles. The van der Waals surface area contributed by atoms with Gasteiger partial charge in [0.1, 0.15) is 5.82 Å². The summed E-state index contributed by atoms with van der Waals surface area (Å²) in [6.45, 7) is 1.81. The van der Waals surface area contributed by atoms with Gasteiger partial charge in [0, 0.05) is 5.56 Å². The van der Waals surface area contributed by atoms with E-state index in [1.807, 2.05) is 6.92 Å². The summed E-state index contributed by atoms with van der Waals surface area (Å²) >= 11 is 0. The van der Waals surface area contributed by atoms with E-state index in [0.29, 0.717) is 17.1 Å². The van der Waals surface area contributed by atoms with Crippen molar-refractivity contribution in [2.45, 2.75) is 6.92 Å². The van der Waals surface area contributed by atoms with Crippen LogP contribution in [0.4, 0.5) is 4.39 Å². The summed E-state index contributed by atoms with van der Waals surface area (Å²) in [4.78, 5) is 12.4. The highest BCUT2D eigenvalue weighted by atomic mass is 19.1. The molecule has 0 bridgehead atoms. The average molecular weight is 274 g/mol. The Morgan fingerprint density at radius 1 is 1.00 bits per heavy atom. The average Bonchev–Trinajstić information content (AvgIpc) is 2.48. The predicted molar refractivity (Wildman–Crippen MR) is 74.1 cm³/mol. The molecule has 0 spiro atoms. The molecule has 0 N–H and O–H groups in total. The molecule has 0 atom stereocenters. The lowest BCUT2D eigenvalue weighted by Crippen LogP contribution is -2.05. The minimum absolute atomic E-state index is 0.0530. The minimum atomic E-state index is -0.532. The number of carbonyl (C=O) groups excluding carboxylic acids is 1. The van der Waals surface area contributed by atoms with Crippen molar-refractivity contribution in [3.8, 4) is 11.5 Å². The first-order valence-electron chi connectivity index (χ1n) is 6.09. The molecule has 0 saturated heterocycles. The molecule has 104 valence electrons. The van der Waals surface area contributed by atoms with E-state index in [9.17, 15) is 9.18 Å². The molecule has 0 saturated carbocycles. The molecule has 20 heavy (non-hydrogen) atoms. The number of halogens is 1. The summed E-state index contributed by atoms with van der Waals surface area (Å²) in [5, 5.41) is 0. The maximum atomic E-state index is 13.8. The Balaban J connectivity index is 2.45. The van der Waals surface area contributed by atoms with Gasteiger partial charge < -0.3 is 9.47 Å². The lowest BCUT2D eigenvalue weighted by Gasteiger charge is -2.09. The maximum Gasteiger partial charge on any atom is 0.196 e. The molecule has 0 amide bonds. The number of benzene rings is 2. The van der Waals surface area contributed by atoms with Crippen LogP contribution in [0.1, 0.15) is 21.5 Å². The minimum Gasteiger partial charge on any atom is -0.493 e. The Labute approximate surface area is 117 Å². The fraction of sp³-hybridized carbons (Fsp3) is 0.188. The van der Waals surface area contributed by atoms with Crippen LogP contribution in [0.15, 0.2) is 36.4 Å². The van der Waals surface area contributed by atoms with Crippen LogP contribution < -0.4 is 9.47 Å². The number of hydrogen-bond donors (Lipinski definition) is 0. The third kappa shape index (κ3) is 2.64. The van der Waals surface area contributed by atoms with Crippen molar-refractivity contribution < 1.29 is 18.7 Å². The van der Waals surface area contributed by atoms with Gasteiger partial charge in [-0.25, -0.2) is 4.39 Å². The molecule has 2 aromatic rings. The zero-order chi connectivity index (χ0) is 14.7. The lowest BCUT2D eigenvalue weighted by molar-refractivity contribution is 0.103. The van der Waals surface area contributed by atoms with Gasteiger partial charge in [-0.3, -0.25) is 4.79 Å². The van der Waals surface area contributed by atoms with Crippen molar-refractivity contribution in [1.29, 1.82) is 0 Å². The van der Waals surface area contributed by atoms with Gasteiger partial charge >= 0.3 is 0 Å². The fourth-order valence-corrected chi connectivity index (χ4v) is 1.95.